The van der Waals surface area contributed by atoms with Crippen molar-refractivity contribution in [2.75, 3.05) is 23.4 Å². The maximum absolute atomic E-state index is 4.13. The van der Waals surface area contributed by atoms with E-state index < -0.39 is 0 Å². The van der Waals surface area contributed by atoms with Crippen molar-refractivity contribution in [1.82, 2.24) is 19.9 Å². The topological polar surface area (TPSA) is 34.0 Å². The molecular formula is C9H15BrN4S. The lowest BCUT2D eigenvalue weighted by Gasteiger charge is -2.33. The summed E-state index contributed by atoms with van der Waals surface area (Å²) in [6.07, 6.45) is 1.99. The molecule has 1 aliphatic rings. The summed E-state index contributed by atoms with van der Waals surface area (Å²) in [5.74, 6) is 2.44. The third-order valence-electron chi connectivity index (χ3n) is 2.54. The Morgan fingerprint density at radius 3 is 3.20 bits per heavy atom. The number of aromatic nitrogens is 3. The maximum atomic E-state index is 4.13. The molecule has 0 saturated carbocycles. The predicted octanol–water partition coefficient (Wildman–Crippen LogP) is 1.13. The third-order valence-corrected chi connectivity index (χ3v) is 4.38. The molecule has 0 radical (unpaired) electrons. The minimum absolute atomic E-state index is 0.630. The molecule has 84 valence electrons. The summed E-state index contributed by atoms with van der Waals surface area (Å²) in [7, 11) is 1.91. The van der Waals surface area contributed by atoms with Crippen LogP contribution in [0.5, 0.6) is 0 Å². The largest absolute Gasteiger partial charge is 0.292 e. The van der Waals surface area contributed by atoms with Gasteiger partial charge in [0, 0.05) is 49.2 Å². The fraction of sp³-hybridized carbons (Fsp3) is 0.778. The molecule has 1 aromatic heterocycles. The second-order valence-corrected chi connectivity index (χ2v) is 5.53. The molecule has 2 heterocycles. The van der Waals surface area contributed by atoms with E-state index in [0.717, 1.165) is 24.1 Å². The first-order valence-electron chi connectivity index (χ1n) is 5.02. The SMILES string of the molecule is Cn1cc(CN2CCSCC2CBr)nn1. The van der Waals surface area contributed by atoms with E-state index in [2.05, 4.69) is 31.1 Å². The summed E-state index contributed by atoms with van der Waals surface area (Å²) >= 11 is 5.61. The molecule has 0 N–H and O–H groups in total. The number of halogens is 1. The summed E-state index contributed by atoms with van der Waals surface area (Å²) in [5, 5.41) is 9.13. The average molecular weight is 291 g/mol. The van der Waals surface area contributed by atoms with Crippen molar-refractivity contribution < 1.29 is 0 Å². The standard InChI is InChI=1S/C9H15BrN4S/c1-13-5-8(11-12-13)6-14-2-3-15-7-9(14)4-10/h5,9H,2-4,6-7H2,1H3. The number of hydrogen-bond acceptors (Lipinski definition) is 4. The fourth-order valence-electron chi connectivity index (χ4n) is 1.72. The molecule has 1 aliphatic heterocycles. The monoisotopic (exact) mass is 290 g/mol. The quantitative estimate of drug-likeness (QED) is 0.782. The van der Waals surface area contributed by atoms with E-state index in [4.69, 9.17) is 0 Å². The maximum Gasteiger partial charge on any atom is 0.0967 e. The number of rotatable bonds is 3. The Morgan fingerprint density at radius 2 is 2.53 bits per heavy atom. The lowest BCUT2D eigenvalue weighted by molar-refractivity contribution is 0.225. The van der Waals surface area contributed by atoms with Crippen LogP contribution in [0.2, 0.25) is 0 Å². The highest BCUT2D eigenvalue weighted by molar-refractivity contribution is 9.09. The fourth-order valence-corrected chi connectivity index (χ4v) is 3.79. The number of aryl methyl sites for hydroxylation is 1. The van der Waals surface area contributed by atoms with E-state index in [1.54, 1.807) is 4.68 Å². The van der Waals surface area contributed by atoms with Crippen LogP contribution in [0.4, 0.5) is 0 Å². The zero-order valence-corrected chi connectivity index (χ0v) is 11.2. The normalized spacial score (nSPS) is 23.2. The van der Waals surface area contributed by atoms with Crippen molar-refractivity contribution in [2.24, 2.45) is 7.05 Å². The van der Waals surface area contributed by atoms with Gasteiger partial charge in [0.1, 0.15) is 0 Å². The van der Waals surface area contributed by atoms with Crippen LogP contribution in [0, 0.1) is 0 Å². The number of thioether (sulfide) groups is 1. The lowest BCUT2D eigenvalue weighted by atomic mass is 10.3. The zero-order chi connectivity index (χ0) is 10.7. The molecule has 0 spiro atoms. The van der Waals surface area contributed by atoms with Gasteiger partial charge in [0.2, 0.25) is 0 Å². The first-order valence-corrected chi connectivity index (χ1v) is 7.30. The van der Waals surface area contributed by atoms with E-state index in [1.165, 1.54) is 11.5 Å². The Labute approximate surface area is 103 Å². The summed E-state index contributed by atoms with van der Waals surface area (Å²) in [4.78, 5) is 2.48. The number of hydrogen-bond donors (Lipinski definition) is 0. The van der Waals surface area contributed by atoms with Gasteiger partial charge >= 0.3 is 0 Å². The molecule has 0 aromatic carbocycles. The van der Waals surface area contributed by atoms with Gasteiger partial charge in [-0.1, -0.05) is 21.1 Å². The summed E-state index contributed by atoms with van der Waals surface area (Å²) in [6, 6.07) is 0.630. The van der Waals surface area contributed by atoms with Crippen LogP contribution in [0.1, 0.15) is 5.69 Å². The van der Waals surface area contributed by atoms with Gasteiger partial charge in [-0.05, 0) is 0 Å². The first-order chi connectivity index (χ1) is 7.29. The van der Waals surface area contributed by atoms with Gasteiger partial charge in [-0.15, -0.1) is 5.10 Å². The summed E-state index contributed by atoms with van der Waals surface area (Å²) < 4.78 is 1.76. The van der Waals surface area contributed by atoms with Crippen LogP contribution in [-0.4, -0.2) is 49.3 Å². The average Bonchev–Trinajstić information content (AvgIpc) is 2.65. The van der Waals surface area contributed by atoms with E-state index in [1.807, 2.05) is 25.0 Å². The molecule has 4 nitrogen and oxygen atoms in total. The van der Waals surface area contributed by atoms with Crippen molar-refractivity contribution in [3.63, 3.8) is 0 Å². The molecule has 15 heavy (non-hydrogen) atoms. The van der Waals surface area contributed by atoms with Crippen LogP contribution in [0.15, 0.2) is 6.20 Å². The van der Waals surface area contributed by atoms with Crippen molar-refractivity contribution >= 4 is 27.7 Å². The van der Waals surface area contributed by atoms with E-state index >= 15 is 0 Å². The minimum atomic E-state index is 0.630. The number of alkyl halides is 1. The minimum Gasteiger partial charge on any atom is -0.292 e. The highest BCUT2D eigenvalue weighted by Gasteiger charge is 2.22. The molecule has 0 aliphatic carbocycles. The molecule has 0 bridgehead atoms. The third kappa shape index (κ3) is 2.95. The van der Waals surface area contributed by atoms with Crippen LogP contribution >= 0.6 is 27.7 Å². The van der Waals surface area contributed by atoms with Gasteiger partial charge in [0.15, 0.2) is 0 Å². The van der Waals surface area contributed by atoms with Gasteiger partial charge in [0.25, 0.3) is 0 Å². The lowest BCUT2D eigenvalue weighted by Crippen LogP contribution is -2.42. The molecule has 2 rings (SSSR count). The Hall–Kier alpha value is -0.0700. The van der Waals surface area contributed by atoms with Gasteiger partial charge in [-0.3, -0.25) is 9.58 Å². The van der Waals surface area contributed by atoms with Crippen LogP contribution in [0.25, 0.3) is 0 Å². The smallest absolute Gasteiger partial charge is 0.0967 e. The van der Waals surface area contributed by atoms with Crippen LogP contribution in [0.3, 0.4) is 0 Å². The predicted molar refractivity (Wildman–Crippen MR) is 66.3 cm³/mol. The van der Waals surface area contributed by atoms with Crippen LogP contribution in [-0.2, 0) is 13.6 Å². The second kappa shape index (κ2) is 5.32. The Morgan fingerprint density at radius 1 is 1.67 bits per heavy atom. The highest BCUT2D eigenvalue weighted by atomic mass is 79.9. The molecular weight excluding hydrogens is 276 g/mol. The van der Waals surface area contributed by atoms with Crippen molar-refractivity contribution in [3.8, 4) is 0 Å². The Bertz CT molecular complexity index is 317. The molecule has 6 heteroatoms. The van der Waals surface area contributed by atoms with Gasteiger partial charge in [0.05, 0.1) is 5.69 Å². The van der Waals surface area contributed by atoms with Crippen LogP contribution < -0.4 is 0 Å². The molecule has 1 aromatic rings. The Kier molecular flexibility index (Phi) is 4.05. The van der Waals surface area contributed by atoms with E-state index in [0.29, 0.717) is 6.04 Å². The van der Waals surface area contributed by atoms with E-state index in [9.17, 15) is 0 Å². The molecule has 1 fully saturated rings. The first kappa shape index (κ1) is 11.4. The highest BCUT2D eigenvalue weighted by Crippen LogP contribution is 2.19. The Balaban J connectivity index is 1.97. The van der Waals surface area contributed by atoms with Crippen molar-refractivity contribution in [2.45, 2.75) is 12.6 Å². The summed E-state index contributed by atoms with van der Waals surface area (Å²) in [5.41, 5.74) is 1.07. The van der Waals surface area contributed by atoms with Gasteiger partial charge < -0.3 is 0 Å². The van der Waals surface area contributed by atoms with Gasteiger partial charge in [-0.25, -0.2) is 0 Å². The van der Waals surface area contributed by atoms with Crippen molar-refractivity contribution in [1.29, 1.82) is 0 Å². The molecule has 1 saturated heterocycles. The molecule has 1 atom stereocenters. The van der Waals surface area contributed by atoms with Crippen molar-refractivity contribution in [3.05, 3.63) is 11.9 Å². The molecule has 0 amide bonds. The number of nitrogens with zero attached hydrogens (tertiary/aromatic N) is 4. The molecule has 1 unspecified atom stereocenters. The second-order valence-electron chi connectivity index (χ2n) is 3.74. The van der Waals surface area contributed by atoms with E-state index in [-0.39, 0.29) is 0 Å². The zero-order valence-electron chi connectivity index (χ0n) is 8.77. The van der Waals surface area contributed by atoms with Gasteiger partial charge in [-0.2, -0.15) is 11.8 Å². The summed E-state index contributed by atoms with van der Waals surface area (Å²) in [6.45, 7) is 2.07.